The van der Waals surface area contributed by atoms with E-state index in [1.165, 1.54) is 16.0 Å². The van der Waals surface area contributed by atoms with E-state index < -0.39 is 0 Å². The number of hydrogen-bond acceptors (Lipinski definition) is 4. The van der Waals surface area contributed by atoms with E-state index in [4.69, 9.17) is 0 Å². The molecule has 0 fully saturated rings. The highest BCUT2D eigenvalue weighted by atomic mass is 32.2. The van der Waals surface area contributed by atoms with Gasteiger partial charge in [-0.25, -0.2) is 9.97 Å². The van der Waals surface area contributed by atoms with Crippen molar-refractivity contribution in [2.45, 2.75) is 30.7 Å². The van der Waals surface area contributed by atoms with Gasteiger partial charge in [-0.1, -0.05) is 17.8 Å². The summed E-state index contributed by atoms with van der Waals surface area (Å²) in [4.78, 5) is 10.3. The first-order valence-electron chi connectivity index (χ1n) is 7.00. The van der Waals surface area contributed by atoms with Crippen LogP contribution in [0.25, 0.3) is 5.65 Å². The maximum absolute atomic E-state index is 4.68. The molecule has 0 amide bonds. The van der Waals surface area contributed by atoms with Gasteiger partial charge in [0.05, 0.1) is 6.20 Å². The van der Waals surface area contributed by atoms with Crippen molar-refractivity contribution in [3.05, 3.63) is 47.9 Å². The second kappa shape index (κ2) is 5.77. The lowest BCUT2D eigenvalue weighted by Gasteiger charge is -2.09. The third kappa shape index (κ3) is 2.88. The summed E-state index contributed by atoms with van der Waals surface area (Å²) in [6, 6.07) is 6.48. The van der Waals surface area contributed by atoms with Gasteiger partial charge in [0.2, 0.25) is 0 Å². The number of aryl methyl sites for hydroxylation is 2. The van der Waals surface area contributed by atoms with Crippen LogP contribution in [0.3, 0.4) is 0 Å². The lowest BCUT2D eigenvalue weighted by Crippen LogP contribution is -2.02. The Labute approximate surface area is 128 Å². The summed E-state index contributed by atoms with van der Waals surface area (Å²) in [6.07, 6.45) is 5.72. The second-order valence-corrected chi connectivity index (χ2v) is 6.03. The van der Waals surface area contributed by atoms with Gasteiger partial charge in [0.25, 0.3) is 0 Å². The Morgan fingerprint density at radius 1 is 1.24 bits per heavy atom. The van der Waals surface area contributed by atoms with Crippen LogP contribution in [0.15, 0.2) is 46.7 Å². The quantitative estimate of drug-likeness (QED) is 0.792. The lowest BCUT2D eigenvalue weighted by atomic mass is 10.1. The molecule has 0 bridgehead atoms. The molecule has 0 unspecified atom stereocenters. The molecular formula is C16H18N4S. The molecule has 0 saturated carbocycles. The molecule has 3 rings (SSSR count). The Morgan fingerprint density at radius 3 is 2.86 bits per heavy atom. The highest BCUT2D eigenvalue weighted by molar-refractivity contribution is 7.99. The highest BCUT2D eigenvalue weighted by Crippen LogP contribution is 2.31. The molecule has 108 valence electrons. The lowest BCUT2D eigenvalue weighted by molar-refractivity contribution is 1.01. The van der Waals surface area contributed by atoms with Gasteiger partial charge >= 0.3 is 0 Å². The highest BCUT2D eigenvalue weighted by Gasteiger charge is 2.09. The molecule has 0 radical (unpaired) electrons. The van der Waals surface area contributed by atoms with Gasteiger partial charge < -0.3 is 9.72 Å². The van der Waals surface area contributed by atoms with E-state index in [1.807, 2.05) is 16.8 Å². The molecule has 3 aromatic rings. The molecule has 2 aromatic heterocycles. The minimum atomic E-state index is 0.848. The van der Waals surface area contributed by atoms with Crippen LogP contribution < -0.4 is 5.32 Å². The molecule has 0 aliphatic rings. The first-order valence-corrected chi connectivity index (χ1v) is 7.81. The molecule has 2 heterocycles. The van der Waals surface area contributed by atoms with E-state index in [-0.39, 0.29) is 0 Å². The summed E-state index contributed by atoms with van der Waals surface area (Å²) in [6.45, 7) is 7.17. The number of benzene rings is 1. The predicted molar refractivity (Wildman–Crippen MR) is 87.2 cm³/mol. The SMILES string of the molecule is CCNc1cn2ccnc2c(Sc2ccc(C)c(C)c2)n1. The zero-order chi connectivity index (χ0) is 14.8. The monoisotopic (exact) mass is 298 g/mol. The predicted octanol–water partition coefficient (Wildman–Crippen LogP) is 3.93. The Morgan fingerprint density at radius 2 is 2.10 bits per heavy atom. The zero-order valence-electron chi connectivity index (χ0n) is 12.4. The van der Waals surface area contributed by atoms with Crippen molar-refractivity contribution in [2.24, 2.45) is 0 Å². The molecule has 4 nitrogen and oxygen atoms in total. The van der Waals surface area contributed by atoms with E-state index in [0.29, 0.717) is 0 Å². The number of anilines is 1. The van der Waals surface area contributed by atoms with Gasteiger partial charge in [-0.2, -0.15) is 0 Å². The molecule has 0 spiro atoms. The van der Waals surface area contributed by atoms with Crippen molar-refractivity contribution in [2.75, 3.05) is 11.9 Å². The van der Waals surface area contributed by atoms with Gasteiger partial charge in [0.15, 0.2) is 5.65 Å². The van der Waals surface area contributed by atoms with E-state index in [1.54, 1.807) is 18.0 Å². The molecule has 21 heavy (non-hydrogen) atoms. The van der Waals surface area contributed by atoms with Crippen LogP contribution in [0.2, 0.25) is 0 Å². The normalized spacial score (nSPS) is 11.0. The summed E-state index contributed by atoms with van der Waals surface area (Å²) >= 11 is 1.65. The van der Waals surface area contributed by atoms with Crippen LogP contribution in [-0.4, -0.2) is 20.9 Å². The van der Waals surface area contributed by atoms with Gasteiger partial charge in [-0.3, -0.25) is 0 Å². The largest absolute Gasteiger partial charge is 0.369 e. The zero-order valence-corrected chi connectivity index (χ0v) is 13.2. The third-order valence-electron chi connectivity index (χ3n) is 3.39. The number of nitrogens with one attached hydrogen (secondary N) is 1. The third-order valence-corrected chi connectivity index (χ3v) is 4.35. The number of rotatable bonds is 4. The maximum Gasteiger partial charge on any atom is 0.170 e. The Kier molecular flexibility index (Phi) is 3.84. The number of nitrogens with zero attached hydrogens (tertiary/aromatic N) is 3. The number of aromatic nitrogens is 3. The molecule has 0 atom stereocenters. The second-order valence-electron chi connectivity index (χ2n) is 4.97. The van der Waals surface area contributed by atoms with Crippen molar-refractivity contribution in [1.29, 1.82) is 0 Å². The number of fused-ring (bicyclic) bond motifs is 1. The minimum Gasteiger partial charge on any atom is -0.369 e. The van der Waals surface area contributed by atoms with E-state index in [2.05, 4.69) is 54.3 Å². The van der Waals surface area contributed by atoms with E-state index >= 15 is 0 Å². The number of imidazole rings is 1. The smallest absolute Gasteiger partial charge is 0.170 e. The summed E-state index contributed by atoms with van der Waals surface area (Å²) in [7, 11) is 0. The van der Waals surface area contributed by atoms with Crippen LogP contribution in [0, 0.1) is 13.8 Å². The van der Waals surface area contributed by atoms with Gasteiger partial charge in [-0.15, -0.1) is 0 Å². The average molecular weight is 298 g/mol. The fourth-order valence-corrected chi connectivity index (χ4v) is 3.12. The van der Waals surface area contributed by atoms with Crippen LogP contribution in [-0.2, 0) is 0 Å². The number of hydrogen-bond donors (Lipinski definition) is 1. The molecular weight excluding hydrogens is 280 g/mol. The summed E-state index contributed by atoms with van der Waals surface area (Å²) in [5.41, 5.74) is 3.49. The molecule has 1 aromatic carbocycles. The molecule has 5 heteroatoms. The topological polar surface area (TPSA) is 42.2 Å². The Hall–Kier alpha value is -2.01. The van der Waals surface area contributed by atoms with E-state index in [0.717, 1.165) is 23.0 Å². The maximum atomic E-state index is 4.68. The van der Waals surface area contributed by atoms with Gasteiger partial charge in [0, 0.05) is 23.8 Å². The first kappa shape index (κ1) is 13.9. The van der Waals surface area contributed by atoms with Gasteiger partial charge in [0.1, 0.15) is 10.8 Å². The van der Waals surface area contributed by atoms with Crippen LogP contribution >= 0.6 is 11.8 Å². The van der Waals surface area contributed by atoms with Crippen molar-refractivity contribution in [1.82, 2.24) is 14.4 Å². The summed E-state index contributed by atoms with van der Waals surface area (Å²) in [5.74, 6) is 0.870. The van der Waals surface area contributed by atoms with Gasteiger partial charge in [-0.05, 0) is 44.0 Å². The molecule has 0 saturated heterocycles. The molecule has 0 aliphatic carbocycles. The Balaban J connectivity index is 2.01. The Bertz CT molecular complexity index is 779. The van der Waals surface area contributed by atoms with Crippen molar-refractivity contribution < 1.29 is 0 Å². The minimum absolute atomic E-state index is 0.848. The van der Waals surface area contributed by atoms with Crippen molar-refractivity contribution in [3.63, 3.8) is 0 Å². The standard InChI is InChI=1S/C16H18N4S/c1-4-17-14-10-20-8-7-18-15(20)16(19-14)21-13-6-5-11(2)12(3)9-13/h5-10,17H,4H2,1-3H3. The molecule has 0 aliphatic heterocycles. The van der Waals surface area contributed by atoms with E-state index in [9.17, 15) is 0 Å². The average Bonchev–Trinajstić information content (AvgIpc) is 2.92. The van der Waals surface area contributed by atoms with Crippen molar-refractivity contribution >= 4 is 23.2 Å². The molecule has 1 N–H and O–H groups in total. The van der Waals surface area contributed by atoms with Crippen LogP contribution in [0.5, 0.6) is 0 Å². The fraction of sp³-hybridized carbons (Fsp3) is 0.250. The summed E-state index contributed by atoms with van der Waals surface area (Å²) in [5, 5.41) is 4.18. The fourth-order valence-electron chi connectivity index (χ4n) is 2.13. The van der Waals surface area contributed by atoms with Crippen molar-refractivity contribution in [3.8, 4) is 0 Å². The first-order chi connectivity index (χ1) is 10.2. The van der Waals surface area contributed by atoms with Crippen LogP contribution in [0.4, 0.5) is 5.82 Å². The summed E-state index contributed by atoms with van der Waals surface area (Å²) < 4.78 is 2.01. The van der Waals surface area contributed by atoms with Crippen LogP contribution in [0.1, 0.15) is 18.1 Å².